The predicted octanol–water partition coefficient (Wildman–Crippen LogP) is 3.25. The summed E-state index contributed by atoms with van der Waals surface area (Å²) in [7, 11) is -2.23. The second kappa shape index (κ2) is 7.11. The highest BCUT2D eigenvalue weighted by Gasteiger charge is 2.15. The molecule has 0 aliphatic carbocycles. The van der Waals surface area contributed by atoms with Crippen LogP contribution in [0.4, 0.5) is 10.1 Å². The van der Waals surface area contributed by atoms with Crippen LogP contribution in [0.2, 0.25) is 0 Å². The zero-order chi connectivity index (χ0) is 18.7. The summed E-state index contributed by atoms with van der Waals surface area (Å²) >= 11 is 0. The van der Waals surface area contributed by atoms with Gasteiger partial charge < -0.3 is 9.73 Å². The number of anilines is 1. The van der Waals surface area contributed by atoms with E-state index in [1.54, 1.807) is 18.2 Å². The first-order valence-electron chi connectivity index (χ1n) is 7.60. The maximum absolute atomic E-state index is 13.8. The lowest BCUT2D eigenvalue weighted by Gasteiger charge is -2.06. The van der Waals surface area contributed by atoms with Crippen molar-refractivity contribution in [1.82, 2.24) is 4.72 Å². The Hall–Kier alpha value is -2.97. The maximum atomic E-state index is 13.8. The molecule has 134 valence electrons. The first-order chi connectivity index (χ1) is 12.4. The van der Waals surface area contributed by atoms with Crippen molar-refractivity contribution in [1.29, 1.82) is 0 Å². The lowest BCUT2D eigenvalue weighted by atomic mass is 10.1. The molecule has 2 aromatic carbocycles. The van der Waals surface area contributed by atoms with E-state index in [1.807, 2.05) is 0 Å². The molecule has 0 spiro atoms. The number of halogens is 1. The Balaban J connectivity index is 1.76. The number of nitrogens with one attached hydrogen (secondary N) is 2. The van der Waals surface area contributed by atoms with Crippen molar-refractivity contribution in [2.24, 2.45) is 0 Å². The van der Waals surface area contributed by atoms with E-state index in [1.165, 1.54) is 49.5 Å². The fourth-order valence-electron chi connectivity index (χ4n) is 2.29. The van der Waals surface area contributed by atoms with Gasteiger partial charge in [-0.3, -0.25) is 4.79 Å². The molecule has 0 fully saturated rings. The summed E-state index contributed by atoms with van der Waals surface area (Å²) < 4.78 is 44.8. The molecule has 0 bridgehead atoms. The van der Waals surface area contributed by atoms with Crippen LogP contribution in [0, 0.1) is 5.82 Å². The predicted molar refractivity (Wildman–Crippen MR) is 94.7 cm³/mol. The molecule has 1 amide bonds. The van der Waals surface area contributed by atoms with Crippen LogP contribution in [0.3, 0.4) is 0 Å². The molecule has 1 heterocycles. The number of sulfonamides is 1. The van der Waals surface area contributed by atoms with Crippen molar-refractivity contribution in [3.8, 4) is 11.3 Å². The molecule has 3 aromatic rings. The summed E-state index contributed by atoms with van der Waals surface area (Å²) in [4.78, 5) is 12.3. The molecule has 3 rings (SSSR count). The topological polar surface area (TPSA) is 88.4 Å². The molecule has 0 saturated carbocycles. The number of furan rings is 1. The van der Waals surface area contributed by atoms with Crippen LogP contribution in [0.25, 0.3) is 11.3 Å². The third-order valence-corrected chi connectivity index (χ3v) is 5.09. The van der Waals surface area contributed by atoms with Crippen molar-refractivity contribution < 1.29 is 22.0 Å². The number of rotatable bonds is 5. The molecule has 0 aliphatic rings. The third kappa shape index (κ3) is 3.66. The zero-order valence-electron chi connectivity index (χ0n) is 13.7. The van der Waals surface area contributed by atoms with Gasteiger partial charge >= 0.3 is 0 Å². The Morgan fingerprint density at radius 3 is 2.35 bits per heavy atom. The summed E-state index contributed by atoms with van der Waals surface area (Å²) in [6, 6.07) is 14.7. The molecule has 2 N–H and O–H groups in total. The number of carbonyl (C=O) groups is 1. The van der Waals surface area contributed by atoms with Gasteiger partial charge in [-0.05, 0) is 55.6 Å². The second-order valence-electron chi connectivity index (χ2n) is 5.33. The molecule has 26 heavy (non-hydrogen) atoms. The lowest BCUT2D eigenvalue weighted by molar-refractivity contribution is 0.0997. The van der Waals surface area contributed by atoms with Gasteiger partial charge in [0.25, 0.3) is 5.91 Å². The van der Waals surface area contributed by atoms with E-state index in [0.717, 1.165) is 0 Å². The van der Waals surface area contributed by atoms with Gasteiger partial charge in [0.2, 0.25) is 10.0 Å². The van der Waals surface area contributed by atoms with E-state index in [4.69, 9.17) is 4.42 Å². The van der Waals surface area contributed by atoms with Crippen molar-refractivity contribution in [2.45, 2.75) is 4.90 Å². The van der Waals surface area contributed by atoms with E-state index in [0.29, 0.717) is 5.69 Å². The Labute approximate surface area is 149 Å². The Morgan fingerprint density at radius 1 is 1.00 bits per heavy atom. The molecule has 0 unspecified atom stereocenters. The Bertz CT molecular complexity index is 1040. The van der Waals surface area contributed by atoms with Crippen LogP contribution in [0.15, 0.2) is 70.0 Å². The third-order valence-electron chi connectivity index (χ3n) is 3.66. The minimum absolute atomic E-state index is 0.00942. The largest absolute Gasteiger partial charge is 0.451 e. The second-order valence-corrected chi connectivity index (χ2v) is 7.22. The van der Waals surface area contributed by atoms with E-state index in [9.17, 15) is 17.6 Å². The number of benzene rings is 2. The highest BCUT2D eigenvalue weighted by Crippen LogP contribution is 2.25. The molecule has 6 nitrogen and oxygen atoms in total. The highest BCUT2D eigenvalue weighted by atomic mass is 32.2. The minimum atomic E-state index is -3.54. The molecule has 8 heteroatoms. The Kier molecular flexibility index (Phi) is 4.88. The quantitative estimate of drug-likeness (QED) is 0.718. The first-order valence-corrected chi connectivity index (χ1v) is 9.09. The monoisotopic (exact) mass is 374 g/mol. The van der Waals surface area contributed by atoms with E-state index in [2.05, 4.69) is 10.0 Å². The van der Waals surface area contributed by atoms with Gasteiger partial charge in [0.15, 0.2) is 5.76 Å². The smallest absolute Gasteiger partial charge is 0.291 e. The summed E-state index contributed by atoms with van der Waals surface area (Å²) in [6.45, 7) is 0. The molecule has 0 atom stereocenters. The zero-order valence-corrected chi connectivity index (χ0v) is 14.5. The number of hydrogen-bond acceptors (Lipinski definition) is 4. The van der Waals surface area contributed by atoms with Gasteiger partial charge in [-0.15, -0.1) is 0 Å². The Morgan fingerprint density at radius 2 is 1.69 bits per heavy atom. The lowest BCUT2D eigenvalue weighted by Crippen LogP contribution is -2.18. The summed E-state index contributed by atoms with van der Waals surface area (Å²) in [5.41, 5.74) is 0.655. The van der Waals surface area contributed by atoms with Crippen LogP contribution in [-0.4, -0.2) is 21.4 Å². The molecular formula is C18H15FN2O4S. The van der Waals surface area contributed by atoms with E-state index in [-0.39, 0.29) is 22.0 Å². The molecule has 0 saturated heterocycles. The number of hydrogen-bond donors (Lipinski definition) is 2. The molecule has 0 radical (unpaired) electrons. The average Bonchev–Trinajstić information content (AvgIpc) is 3.12. The highest BCUT2D eigenvalue weighted by molar-refractivity contribution is 7.89. The van der Waals surface area contributed by atoms with Gasteiger partial charge in [-0.1, -0.05) is 12.1 Å². The summed E-state index contributed by atoms with van der Waals surface area (Å²) in [5.74, 6) is -0.731. The van der Waals surface area contributed by atoms with Crippen LogP contribution in [0.5, 0.6) is 0 Å². The molecule has 0 aliphatic heterocycles. The van der Waals surface area contributed by atoms with Gasteiger partial charge in [0.05, 0.1) is 10.5 Å². The van der Waals surface area contributed by atoms with Crippen LogP contribution in [0.1, 0.15) is 10.6 Å². The van der Waals surface area contributed by atoms with Crippen molar-refractivity contribution in [3.05, 3.63) is 72.2 Å². The molecule has 1 aromatic heterocycles. The number of amides is 1. The van der Waals surface area contributed by atoms with Crippen LogP contribution < -0.4 is 10.0 Å². The maximum Gasteiger partial charge on any atom is 0.291 e. The van der Waals surface area contributed by atoms with Gasteiger partial charge in [0.1, 0.15) is 11.6 Å². The van der Waals surface area contributed by atoms with Crippen LogP contribution in [-0.2, 0) is 10.0 Å². The first kappa shape index (κ1) is 17.8. The van der Waals surface area contributed by atoms with Crippen molar-refractivity contribution >= 4 is 21.6 Å². The fourth-order valence-corrected chi connectivity index (χ4v) is 3.02. The van der Waals surface area contributed by atoms with Gasteiger partial charge in [-0.2, -0.15) is 0 Å². The summed E-state index contributed by atoms with van der Waals surface area (Å²) in [6.07, 6.45) is 0. The minimum Gasteiger partial charge on any atom is -0.451 e. The van der Waals surface area contributed by atoms with Crippen molar-refractivity contribution in [2.75, 3.05) is 12.4 Å². The SMILES string of the molecule is CNS(=O)(=O)c1ccc(NC(=O)c2ccc(-c3ccccc3F)o2)cc1. The number of carbonyl (C=O) groups excluding carboxylic acids is 1. The van der Waals surface area contributed by atoms with Crippen molar-refractivity contribution in [3.63, 3.8) is 0 Å². The van der Waals surface area contributed by atoms with Gasteiger partial charge in [-0.25, -0.2) is 17.5 Å². The molecular weight excluding hydrogens is 359 g/mol. The van der Waals surface area contributed by atoms with Gasteiger partial charge in [0, 0.05) is 5.69 Å². The van der Waals surface area contributed by atoms with E-state index >= 15 is 0 Å². The fraction of sp³-hybridized carbons (Fsp3) is 0.0556. The normalized spacial score (nSPS) is 11.3. The van der Waals surface area contributed by atoms with Crippen LogP contribution >= 0.6 is 0 Å². The standard InChI is InChI=1S/C18H15FN2O4S/c1-20-26(23,24)13-8-6-12(7-9-13)21-18(22)17-11-10-16(25-17)14-4-2-3-5-15(14)19/h2-11,20H,1H3,(H,21,22). The summed E-state index contributed by atoms with van der Waals surface area (Å²) in [5, 5.41) is 2.59. The average molecular weight is 374 g/mol. The van der Waals surface area contributed by atoms with E-state index < -0.39 is 21.7 Å².